The molecule has 7 heteroatoms. The Bertz CT molecular complexity index is 1150. The normalized spacial score (nSPS) is 13.8. The van der Waals surface area contributed by atoms with E-state index in [-0.39, 0.29) is 35.6 Å². The van der Waals surface area contributed by atoms with Crippen molar-refractivity contribution in [2.75, 3.05) is 7.11 Å². The third-order valence-corrected chi connectivity index (χ3v) is 5.70. The van der Waals surface area contributed by atoms with Gasteiger partial charge in [-0.05, 0) is 24.3 Å². The maximum atomic E-state index is 12.8. The lowest BCUT2D eigenvalue weighted by atomic mass is 10.0. The molecule has 3 atom stereocenters. The molecule has 0 spiro atoms. The Hall–Kier alpha value is -3.61. The van der Waals surface area contributed by atoms with Crippen LogP contribution in [0.5, 0.6) is 17.2 Å². The van der Waals surface area contributed by atoms with E-state index in [0.29, 0.717) is 0 Å². The van der Waals surface area contributed by atoms with Gasteiger partial charge >= 0.3 is 5.97 Å². The Kier molecular flexibility index (Phi) is 8.10. The van der Waals surface area contributed by atoms with Gasteiger partial charge in [-0.25, -0.2) is 4.98 Å². The van der Waals surface area contributed by atoms with Crippen molar-refractivity contribution in [1.82, 2.24) is 4.98 Å². The molecular weight excluding hydrogens is 434 g/mol. The molecule has 3 rings (SSSR count). The van der Waals surface area contributed by atoms with Gasteiger partial charge in [0, 0.05) is 24.1 Å². The van der Waals surface area contributed by atoms with E-state index in [4.69, 9.17) is 14.2 Å². The number of hydrogen-bond acceptors (Lipinski definition) is 7. The van der Waals surface area contributed by atoms with Gasteiger partial charge in [0.2, 0.25) is 0 Å². The predicted octanol–water partition coefficient (Wildman–Crippen LogP) is 5.19. The molecule has 0 aliphatic carbocycles. The van der Waals surface area contributed by atoms with Gasteiger partial charge in [-0.3, -0.25) is 9.59 Å². The zero-order valence-corrected chi connectivity index (χ0v) is 20.1. The number of fused-ring (bicyclic) bond motifs is 1. The highest BCUT2D eigenvalue weighted by Gasteiger charge is 2.30. The van der Waals surface area contributed by atoms with Gasteiger partial charge < -0.3 is 19.3 Å². The van der Waals surface area contributed by atoms with E-state index in [9.17, 15) is 14.7 Å². The molecule has 3 aromatic rings. The number of nitrogens with zero attached hydrogens (tertiary/aromatic N) is 1. The maximum absolute atomic E-state index is 12.8. The minimum Gasteiger partial charge on any atom is -0.503 e. The third kappa shape index (κ3) is 5.65. The Morgan fingerprint density at radius 2 is 1.68 bits per heavy atom. The Balaban J connectivity index is 1.68. The van der Waals surface area contributed by atoms with Crippen molar-refractivity contribution in [3.63, 3.8) is 0 Å². The van der Waals surface area contributed by atoms with E-state index in [1.54, 1.807) is 13.8 Å². The number of methoxy groups -OCH3 is 1. The van der Waals surface area contributed by atoms with Crippen molar-refractivity contribution < 1.29 is 28.9 Å². The molecule has 180 valence electrons. The van der Waals surface area contributed by atoms with Gasteiger partial charge in [-0.15, -0.1) is 0 Å². The van der Waals surface area contributed by atoms with Gasteiger partial charge in [0.1, 0.15) is 18.0 Å². The van der Waals surface area contributed by atoms with Crippen LogP contribution in [-0.2, 0) is 9.53 Å². The largest absolute Gasteiger partial charge is 0.503 e. The maximum Gasteiger partial charge on any atom is 0.309 e. The van der Waals surface area contributed by atoms with Gasteiger partial charge in [0.25, 0.3) is 0 Å². The molecule has 1 N–H and O–H groups in total. The zero-order chi connectivity index (χ0) is 24.8. The lowest BCUT2D eigenvalue weighted by molar-refractivity contribution is -0.158. The van der Waals surface area contributed by atoms with Crippen molar-refractivity contribution in [3.8, 4) is 17.2 Å². The van der Waals surface area contributed by atoms with Crippen LogP contribution in [0.1, 0.15) is 44.6 Å². The van der Waals surface area contributed by atoms with Crippen molar-refractivity contribution in [3.05, 3.63) is 60.4 Å². The number of esters is 1. The minimum absolute atomic E-state index is 0.0663. The van der Waals surface area contributed by atoms with Crippen LogP contribution in [-0.4, -0.2) is 41.2 Å². The number of rotatable bonds is 10. The smallest absolute Gasteiger partial charge is 0.309 e. The van der Waals surface area contributed by atoms with Crippen molar-refractivity contribution in [2.24, 2.45) is 11.8 Å². The van der Waals surface area contributed by atoms with E-state index in [2.05, 4.69) is 4.98 Å². The summed E-state index contributed by atoms with van der Waals surface area (Å²) in [6.45, 7) is 7.41. The molecule has 2 aromatic carbocycles. The molecule has 0 saturated carbocycles. The molecule has 0 bridgehead atoms. The topological polar surface area (TPSA) is 95.0 Å². The number of carbonyl (C=O) groups is 2. The van der Waals surface area contributed by atoms with Crippen LogP contribution in [0.3, 0.4) is 0 Å². The number of carbonyl (C=O) groups excluding carboxylic acids is 2. The Labute approximate surface area is 199 Å². The van der Waals surface area contributed by atoms with Crippen LogP contribution >= 0.6 is 0 Å². The summed E-state index contributed by atoms with van der Waals surface area (Å²) in [6.07, 6.45) is 0.277. The summed E-state index contributed by atoms with van der Waals surface area (Å²) >= 11 is 0. The third-order valence-electron chi connectivity index (χ3n) is 5.70. The first-order valence-corrected chi connectivity index (χ1v) is 11.3. The second-order valence-electron chi connectivity index (χ2n) is 8.68. The Morgan fingerprint density at radius 1 is 0.971 bits per heavy atom. The lowest BCUT2D eigenvalue weighted by Crippen LogP contribution is -2.39. The second kappa shape index (κ2) is 11.0. The molecule has 0 amide bonds. The number of hydrogen-bond donors (Lipinski definition) is 1. The van der Waals surface area contributed by atoms with E-state index in [1.165, 1.54) is 19.4 Å². The average Bonchev–Trinajstić information content (AvgIpc) is 2.82. The monoisotopic (exact) mass is 465 g/mol. The van der Waals surface area contributed by atoms with E-state index in [0.717, 1.165) is 16.5 Å². The van der Waals surface area contributed by atoms with Crippen LogP contribution in [0.25, 0.3) is 10.8 Å². The summed E-state index contributed by atoms with van der Waals surface area (Å²) in [7, 11) is 1.39. The first-order valence-electron chi connectivity index (χ1n) is 11.3. The molecule has 34 heavy (non-hydrogen) atoms. The molecule has 0 unspecified atom stereocenters. The van der Waals surface area contributed by atoms with Crippen LogP contribution in [0, 0.1) is 11.8 Å². The fourth-order valence-electron chi connectivity index (χ4n) is 3.85. The van der Waals surface area contributed by atoms with Crippen molar-refractivity contribution >= 4 is 22.5 Å². The highest BCUT2D eigenvalue weighted by molar-refractivity contribution is 5.99. The van der Waals surface area contributed by atoms with Crippen LogP contribution in [0.2, 0.25) is 0 Å². The molecule has 0 aliphatic rings. The first kappa shape index (κ1) is 25.0. The van der Waals surface area contributed by atoms with E-state index in [1.807, 2.05) is 56.3 Å². The Morgan fingerprint density at radius 3 is 2.38 bits per heavy atom. The van der Waals surface area contributed by atoms with Gasteiger partial charge in [0.05, 0.1) is 13.0 Å². The SMILES string of the molecule is COc1ccnc(C(=O)C[C@@H](C)C(=O)O[C@@H](C)[C@@H](Oc2cccc3ccccc23)C(C)C)c1O. The highest BCUT2D eigenvalue weighted by Crippen LogP contribution is 2.30. The fourth-order valence-corrected chi connectivity index (χ4v) is 3.85. The van der Waals surface area contributed by atoms with Gasteiger partial charge in [-0.1, -0.05) is 57.2 Å². The molecule has 0 aliphatic heterocycles. The van der Waals surface area contributed by atoms with Crippen LogP contribution in [0.15, 0.2) is 54.7 Å². The number of pyridine rings is 1. The zero-order valence-electron chi connectivity index (χ0n) is 20.1. The summed E-state index contributed by atoms with van der Waals surface area (Å²) in [5, 5.41) is 12.2. The second-order valence-corrected chi connectivity index (χ2v) is 8.68. The minimum atomic E-state index is -0.729. The number of aromatic nitrogens is 1. The van der Waals surface area contributed by atoms with Crippen molar-refractivity contribution in [2.45, 2.75) is 46.3 Å². The number of benzene rings is 2. The summed E-state index contributed by atoms with van der Waals surface area (Å²) in [5.41, 5.74) is -0.133. The predicted molar refractivity (Wildman–Crippen MR) is 129 cm³/mol. The van der Waals surface area contributed by atoms with Crippen LogP contribution < -0.4 is 9.47 Å². The van der Waals surface area contributed by atoms with Gasteiger partial charge in [-0.2, -0.15) is 0 Å². The highest BCUT2D eigenvalue weighted by atomic mass is 16.6. The number of ether oxygens (including phenoxy) is 3. The first-order chi connectivity index (χ1) is 16.2. The summed E-state index contributed by atoms with van der Waals surface area (Å²) in [6, 6.07) is 15.2. The number of ketones is 1. The summed E-state index contributed by atoms with van der Waals surface area (Å²) in [5.74, 6) is -1.12. The van der Waals surface area contributed by atoms with Crippen molar-refractivity contribution in [1.29, 1.82) is 0 Å². The molecule has 0 radical (unpaired) electrons. The fraction of sp³-hybridized carbons (Fsp3) is 0.370. The number of Topliss-reactive ketones (excluding diaryl/α,β-unsaturated/α-hetero) is 1. The van der Waals surface area contributed by atoms with E-state index >= 15 is 0 Å². The number of aromatic hydroxyl groups is 1. The molecular formula is C27H31NO6. The molecule has 1 heterocycles. The standard InChI is InChI=1S/C27H31NO6/c1-16(2)26(34-22-12-8-10-19-9-6-7-11-20(19)22)18(4)33-27(31)17(3)15-21(29)24-25(30)23(32-5)13-14-28-24/h6-14,16-18,26,30H,15H2,1-5H3/t17-,18+,26+/m1/s1. The average molecular weight is 466 g/mol. The lowest BCUT2D eigenvalue weighted by Gasteiger charge is -2.29. The molecule has 7 nitrogen and oxygen atoms in total. The van der Waals surface area contributed by atoms with E-state index < -0.39 is 23.8 Å². The quantitative estimate of drug-likeness (QED) is 0.325. The van der Waals surface area contributed by atoms with Gasteiger partial charge in [0.15, 0.2) is 23.0 Å². The molecule has 1 aromatic heterocycles. The molecule has 0 fully saturated rings. The molecule has 0 saturated heterocycles. The summed E-state index contributed by atoms with van der Waals surface area (Å²) < 4.78 is 17.0. The van der Waals surface area contributed by atoms with Crippen LogP contribution in [0.4, 0.5) is 0 Å². The summed E-state index contributed by atoms with van der Waals surface area (Å²) in [4.78, 5) is 29.3.